The highest BCUT2D eigenvalue weighted by Gasteiger charge is 2.31. The Labute approximate surface area is 125 Å². The van der Waals surface area contributed by atoms with Crippen molar-refractivity contribution in [1.82, 2.24) is 14.5 Å². The maximum atomic E-state index is 12.9. The molecule has 21 heavy (non-hydrogen) atoms. The molecular formula is C17H21N3O. The Kier molecular flexibility index (Phi) is 3.78. The number of rotatable bonds is 3. The summed E-state index contributed by atoms with van der Waals surface area (Å²) in [5.41, 5.74) is 3.09. The molecule has 0 aromatic carbocycles. The average Bonchev–Trinajstić information content (AvgIpc) is 3.13. The van der Waals surface area contributed by atoms with Gasteiger partial charge in [-0.15, -0.1) is 0 Å². The first-order valence-electron chi connectivity index (χ1n) is 7.57. The van der Waals surface area contributed by atoms with Crippen LogP contribution < -0.4 is 0 Å². The van der Waals surface area contributed by atoms with Gasteiger partial charge in [0.15, 0.2) is 0 Å². The second-order valence-electron chi connectivity index (χ2n) is 5.58. The van der Waals surface area contributed by atoms with E-state index in [1.807, 2.05) is 41.0 Å². The molecule has 0 spiro atoms. The predicted octanol–water partition coefficient (Wildman–Crippen LogP) is 2.96. The highest BCUT2D eigenvalue weighted by Crippen LogP contribution is 2.33. The van der Waals surface area contributed by atoms with Gasteiger partial charge in [0.05, 0.1) is 11.6 Å². The number of aromatic nitrogens is 2. The third-order valence-corrected chi connectivity index (χ3v) is 4.35. The van der Waals surface area contributed by atoms with Gasteiger partial charge in [-0.1, -0.05) is 13.0 Å². The van der Waals surface area contributed by atoms with E-state index in [0.717, 1.165) is 42.6 Å². The van der Waals surface area contributed by atoms with E-state index >= 15 is 0 Å². The molecule has 0 radical (unpaired) electrons. The van der Waals surface area contributed by atoms with E-state index in [1.165, 1.54) is 0 Å². The van der Waals surface area contributed by atoms with Gasteiger partial charge in [0.25, 0.3) is 5.91 Å². The first-order valence-corrected chi connectivity index (χ1v) is 7.57. The van der Waals surface area contributed by atoms with Gasteiger partial charge in [-0.05, 0) is 37.0 Å². The fourth-order valence-corrected chi connectivity index (χ4v) is 3.28. The molecular weight excluding hydrogens is 262 g/mol. The summed E-state index contributed by atoms with van der Waals surface area (Å²) in [6, 6.07) is 6.11. The molecule has 1 saturated heterocycles. The second kappa shape index (κ2) is 5.72. The smallest absolute Gasteiger partial charge is 0.256 e. The maximum Gasteiger partial charge on any atom is 0.256 e. The number of carbonyl (C=O) groups is 1. The van der Waals surface area contributed by atoms with Crippen molar-refractivity contribution in [2.75, 3.05) is 6.54 Å². The Balaban J connectivity index is 1.90. The molecule has 4 nitrogen and oxygen atoms in total. The molecule has 3 heterocycles. The Morgan fingerprint density at radius 2 is 2.29 bits per heavy atom. The number of likely N-dealkylation sites (tertiary alicyclic amines) is 1. The molecule has 4 heteroatoms. The molecule has 1 aliphatic heterocycles. The molecule has 2 aromatic rings. The summed E-state index contributed by atoms with van der Waals surface area (Å²) in [5.74, 6) is 0.152. The molecule has 0 saturated carbocycles. The van der Waals surface area contributed by atoms with Gasteiger partial charge < -0.3 is 9.47 Å². The standard InChI is InChI=1S/C17H21N3O/c1-3-15-14(8-11-19(15)2)17(21)20-10-5-7-16(20)13-6-4-9-18-12-13/h4,6,8-9,11-12,16H,3,5,7,10H2,1-2H3. The molecule has 1 amide bonds. The van der Waals surface area contributed by atoms with Gasteiger partial charge in [0, 0.05) is 37.9 Å². The van der Waals surface area contributed by atoms with Crippen molar-refractivity contribution in [2.45, 2.75) is 32.2 Å². The van der Waals surface area contributed by atoms with E-state index in [1.54, 1.807) is 6.20 Å². The summed E-state index contributed by atoms with van der Waals surface area (Å²) in [5, 5.41) is 0. The lowest BCUT2D eigenvalue weighted by Crippen LogP contribution is -2.31. The van der Waals surface area contributed by atoms with Crippen LogP contribution in [0, 0.1) is 0 Å². The van der Waals surface area contributed by atoms with Crippen molar-refractivity contribution in [1.29, 1.82) is 0 Å². The maximum absolute atomic E-state index is 12.9. The minimum absolute atomic E-state index is 0.152. The summed E-state index contributed by atoms with van der Waals surface area (Å²) >= 11 is 0. The van der Waals surface area contributed by atoms with Crippen LogP contribution in [0.3, 0.4) is 0 Å². The van der Waals surface area contributed by atoms with Crippen molar-refractivity contribution in [3.63, 3.8) is 0 Å². The van der Waals surface area contributed by atoms with Crippen LogP contribution in [-0.2, 0) is 13.5 Å². The summed E-state index contributed by atoms with van der Waals surface area (Å²) in [6.45, 7) is 2.92. The van der Waals surface area contributed by atoms with Gasteiger partial charge in [-0.2, -0.15) is 0 Å². The third-order valence-electron chi connectivity index (χ3n) is 4.35. The van der Waals surface area contributed by atoms with Crippen LogP contribution in [0.15, 0.2) is 36.8 Å². The van der Waals surface area contributed by atoms with E-state index in [-0.39, 0.29) is 11.9 Å². The molecule has 3 rings (SSSR count). The van der Waals surface area contributed by atoms with Crippen LogP contribution >= 0.6 is 0 Å². The van der Waals surface area contributed by atoms with E-state index < -0.39 is 0 Å². The molecule has 0 aliphatic carbocycles. The lowest BCUT2D eigenvalue weighted by molar-refractivity contribution is 0.0734. The monoisotopic (exact) mass is 283 g/mol. The molecule has 110 valence electrons. The molecule has 1 atom stereocenters. The van der Waals surface area contributed by atoms with Crippen molar-refractivity contribution in [3.8, 4) is 0 Å². The minimum atomic E-state index is 0.152. The normalized spacial score (nSPS) is 18.2. The van der Waals surface area contributed by atoms with E-state index in [0.29, 0.717) is 0 Å². The van der Waals surface area contributed by atoms with E-state index in [2.05, 4.69) is 18.0 Å². The van der Waals surface area contributed by atoms with Crippen LogP contribution in [0.1, 0.15) is 47.4 Å². The SMILES string of the molecule is CCc1c(C(=O)N2CCCC2c2cccnc2)ccn1C. The highest BCUT2D eigenvalue weighted by atomic mass is 16.2. The van der Waals surface area contributed by atoms with E-state index in [4.69, 9.17) is 0 Å². The van der Waals surface area contributed by atoms with Crippen molar-refractivity contribution >= 4 is 5.91 Å². The Morgan fingerprint density at radius 1 is 1.43 bits per heavy atom. The van der Waals surface area contributed by atoms with Gasteiger partial charge in [-0.3, -0.25) is 9.78 Å². The zero-order chi connectivity index (χ0) is 14.8. The first-order chi connectivity index (χ1) is 10.2. The molecule has 0 bridgehead atoms. The number of nitrogens with zero attached hydrogens (tertiary/aromatic N) is 3. The molecule has 1 fully saturated rings. The molecule has 2 aromatic heterocycles. The topological polar surface area (TPSA) is 38.1 Å². The largest absolute Gasteiger partial charge is 0.354 e. The van der Waals surface area contributed by atoms with Crippen LogP contribution in [0.2, 0.25) is 0 Å². The zero-order valence-corrected chi connectivity index (χ0v) is 12.6. The Morgan fingerprint density at radius 3 is 3.00 bits per heavy atom. The van der Waals surface area contributed by atoms with E-state index in [9.17, 15) is 4.79 Å². The fraction of sp³-hybridized carbons (Fsp3) is 0.412. The number of hydrogen-bond acceptors (Lipinski definition) is 2. The summed E-state index contributed by atoms with van der Waals surface area (Å²) < 4.78 is 2.04. The first kappa shape index (κ1) is 13.9. The Bertz CT molecular complexity index is 633. The third kappa shape index (κ3) is 2.46. The Hall–Kier alpha value is -2.10. The predicted molar refractivity (Wildman–Crippen MR) is 82.0 cm³/mol. The number of carbonyl (C=O) groups excluding carboxylic acids is 1. The fourth-order valence-electron chi connectivity index (χ4n) is 3.28. The van der Waals surface area contributed by atoms with Crippen LogP contribution in [-0.4, -0.2) is 26.9 Å². The summed E-state index contributed by atoms with van der Waals surface area (Å²) in [7, 11) is 2.00. The van der Waals surface area contributed by atoms with Crippen LogP contribution in [0.4, 0.5) is 0 Å². The number of aryl methyl sites for hydroxylation is 1. The molecule has 1 aliphatic rings. The quantitative estimate of drug-likeness (QED) is 0.868. The minimum Gasteiger partial charge on any atom is -0.354 e. The highest BCUT2D eigenvalue weighted by molar-refractivity contribution is 5.96. The molecule has 1 unspecified atom stereocenters. The lowest BCUT2D eigenvalue weighted by atomic mass is 10.1. The number of hydrogen-bond donors (Lipinski definition) is 0. The van der Waals surface area contributed by atoms with Gasteiger partial charge in [-0.25, -0.2) is 0 Å². The van der Waals surface area contributed by atoms with Crippen molar-refractivity contribution in [3.05, 3.63) is 53.6 Å². The second-order valence-corrected chi connectivity index (χ2v) is 5.58. The molecule has 0 N–H and O–H groups in total. The van der Waals surface area contributed by atoms with Gasteiger partial charge >= 0.3 is 0 Å². The summed E-state index contributed by atoms with van der Waals surface area (Å²) in [4.78, 5) is 19.1. The van der Waals surface area contributed by atoms with Gasteiger partial charge in [0.2, 0.25) is 0 Å². The van der Waals surface area contributed by atoms with Gasteiger partial charge in [0.1, 0.15) is 0 Å². The number of amides is 1. The summed E-state index contributed by atoms with van der Waals surface area (Å²) in [6.07, 6.45) is 8.57. The lowest BCUT2D eigenvalue weighted by Gasteiger charge is -2.25. The zero-order valence-electron chi connectivity index (χ0n) is 12.6. The van der Waals surface area contributed by atoms with Crippen LogP contribution in [0.25, 0.3) is 0 Å². The van der Waals surface area contributed by atoms with Crippen LogP contribution in [0.5, 0.6) is 0 Å². The number of pyridine rings is 1. The van der Waals surface area contributed by atoms with Crippen molar-refractivity contribution < 1.29 is 4.79 Å². The average molecular weight is 283 g/mol. The van der Waals surface area contributed by atoms with Crippen molar-refractivity contribution in [2.24, 2.45) is 7.05 Å².